The summed E-state index contributed by atoms with van der Waals surface area (Å²) < 4.78 is 1.73. The Morgan fingerprint density at radius 3 is 2.27 bits per heavy atom. The first kappa shape index (κ1) is 14.6. The Hall–Kier alpha value is -1.03. The molecule has 0 radical (unpaired) electrons. The highest BCUT2D eigenvalue weighted by Crippen LogP contribution is 2.53. The van der Waals surface area contributed by atoms with Gasteiger partial charge in [0.25, 0.3) is 0 Å². The molecule has 0 spiro atoms. The number of rotatable bonds is 3. The lowest BCUT2D eigenvalue weighted by atomic mass is 9.54. The zero-order chi connectivity index (χ0) is 15.4. The van der Waals surface area contributed by atoms with Gasteiger partial charge in [-0.3, -0.25) is 9.48 Å². The molecule has 0 aliphatic heterocycles. The summed E-state index contributed by atoms with van der Waals surface area (Å²) in [6.45, 7) is 4.07. The fourth-order valence-electron chi connectivity index (χ4n) is 5.36. The van der Waals surface area contributed by atoms with Crippen molar-refractivity contribution in [1.82, 2.24) is 15.1 Å². The van der Waals surface area contributed by atoms with Crippen LogP contribution in [0.2, 0.25) is 5.02 Å². The minimum atomic E-state index is 0.0831. The van der Waals surface area contributed by atoms with Crippen LogP contribution in [-0.2, 0) is 11.3 Å². The molecule has 1 amide bonds. The van der Waals surface area contributed by atoms with E-state index in [-0.39, 0.29) is 12.5 Å². The van der Waals surface area contributed by atoms with E-state index >= 15 is 0 Å². The Labute approximate surface area is 136 Å². The Kier molecular flexibility index (Phi) is 3.48. The normalized spacial score (nSPS) is 35.9. The largest absolute Gasteiger partial charge is 0.351 e. The van der Waals surface area contributed by atoms with Crippen molar-refractivity contribution < 1.29 is 4.79 Å². The molecule has 120 valence electrons. The molecule has 0 aromatic carbocycles. The van der Waals surface area contributed by atoms with Gasteiger partial charge in [-0.1, -0.05) is 11.6 Å². The first-order valence-electron chi connectivity index (χ1n) is 8.50. The van der Waals surface area contributed by atoms with E-state index in [2.05, 4.69) is 10.4 Å². The molecule has 0 saturated heterocycles. The highest BCUT2D eigenvalue weighted by molar-refractivity contribution is 6.31. The SMILES string of the molecule is Cc1nn(CC(=O)NC2C3CC4CC(C3)CC2C4)c(C)c1Cl. The summed E-state index contributed by atoms with van der Waals surface area (Å²) in [5, 5.41) is 8.35. The zero-order valence-electron chi connectivity index (χ0n) is 13.3. The number of hydrogen-bond acceptors (Lipinski definition) is 2. The summed E-state index contributed by atoms with van der Waals surface area (Å²) in [5.41, 5.74) is 1.67. The lowest BCUT2D eigenvalue weighted by Gasteiger charge is -2.54. The van der Waals surface area contributed by atoms with E-state index in [4.69, 9.17) is 11.6 Å². The van der Waals surface area contributed by atoms with Crippen LogP contribution in [0.15, 0.2) is 0 Å². The van der Waals surface area contributed by atoms with E-state index < -0.39 is 0 Å². The van der Waals surface area contributed by atoms with Gasteiger partial charge in [-0.25, -0.2) is 0 Å². The van der Waals surface area contributed by atoms with E-state index in [0.717, 1.165) is 23.2 Å². The van der Waals surface area contributed by atoms with E-state index in [0.29, 0.717) is 22.9 Å². The summed E-state index contributed by atoms with van der Waals surface area (Å²) >= 11 is 6.16. The average molecular weight is 322 g/mol. The lowest BCUT2D eigenvalue weighted by molar-refractivity contribution is -0.125. The second-order valence-electron chi connectivity index (χ2n) is 7.67. The molecule has 4 aliphatic rings. The maximum atomic E-state index is 12.5. The predicted octanol–water partition coefficient (Wildman–Crippen LogP) is 3.09. The summed E-state index contributed by atoms with van der Waals surface area (Å²) in [6.07, 6.45) is 6.73. The number of nitrogens with zero attached hydrogens (tertiary/aromatic N) is 2. The molecule has 0 unspecified atom stereocenters. The molecule has 1 N–H and O–H groups in total. The van der Waals surface area contributed by atoms with Crippen LogP contribution in [0, 0.1) is 37.5 Å². The predicted molar refractivity (Wildman–Crippen MR) is 85.7 cm³/mol. The van der Waals surface area contributed by atoms with Gasteiger partial charge in [-0.05, 0) is 69.6 Å². The van der Waals surface area contributed by atoms with Crippen molar-refractivity contribution in [3.8, 4) is 0 Å². The summed E-state index contributed by atoms with van der Waals surface area (Å²) in [6, 6.07) is 0.396. The molecule has 4 saturated carbocycles. The van der Waals surface area contributed by atoms with Gasteiger partial charge in [-0.2, -0.15) is 5.10 Å². The van der Waals surface area contributed by atoms with Crippen molar-refractivity contribution in [2.45, 2.75) is 58.5 Å². The van der Waals surface area contributed by atoms with Gasteiger partial charge >= 0.3 is 0 Å². The molecule has 4 bridgehead atoms. The van der Waals surface area contributed by atoms with Crippen LogP contribution in [-0.4, -0.2) is 21.7 Å². The van der Waals surface area contributed by atoms with Crippen LogP contribution in [0.3, 0.4) is 0 Å². The van der Waals surface area contributed by atoms with E-state index in [1.807, 2.05) is 13.8 Å². The van der Waals surface area contributed by atoms with E-state index in [1.165, 1.54) is 32.1 Å². The van der Waals surface area contributed by atoms with Crippen LogP contribution in [0.1, 0.15) is 43.5 Å². The summed E-state index contributed by atoms with van der Waals surface area (Å²) in [7, 11) is 0. The van der Waals surface area contributed by atoms with Gasteiger partial charge in [0.2, 0.25) is 5.91 Å². The van der Waals surface area contributed by atoms with Gasteiger partial charge in [-0.15, -0.1) is 0 Å². The maximum Gasteiger partial charge on any atom is 0.241 e. The minimum absolute atomic E-state index is 0.0831. The van der Waals surface area contributed by atoms with Crippen molar-refractivity contribution in [2.24, 2.45) is 23.7 Å². The zero-order valence-corrected chi connectivity index (χ0v) is 14.1. The van der Waals surface area contributed by atoms with Gasteiger partial charge in [0.1, 0.15) is 6.54 Å². The molecule has 4 nitrogen and oxygen atoms in total. The smallest absolute Gasteiger partial charge is 0.241 e. The number of nitrogens with one attached hydrogen (secondary N) is 1. The fraction of sp³-hybridized carbons (Fsp3) is 0.765. The van der Waals surface area contributed by atoms with Gasteiger partial charge < -0.3 is 5.32 Å². The summed E-state index contributed by atoms with van der Waals surface area (Å²) in [4.78, 5) is 12.5. The molecule has 4 fully saturated rings. The first-order chi connectivity index (χ1) is 10.5. The molecule has 5 rings (SSSR count). The summed E-state index contributed by atoms with van der Waals surface area (Å²) in [5.74, 6) is 3.38. The number of amides is 1. The Bertz CT molecular complexity index is 581. The van der Waals surface area contributed by atoms with Crippen molar-refractivity contribution in [3.63, 3.8) is 0 Å². The van der Waals surface area contributed by atoms with Crippen LogP contribution in [0.25, 0.3) is 0 Å². The highest BCUT2D eigenvalue weighted by Gasteiger charge is 2.48. The van der Waals surface area contributed by atoms with Gasteiger partial charge in [0, 0.05) is 6.04 Å². The number of aromatic nitrogens is 2. The monoisotopic (exact) mass is 321 g/mol. The Balaban J connectivity index is 1.43. The number of halogens is 1. The molecule has 22 heavy (non-hydrogen) atoms. The third-order valence-corrected chi connectivity index (χ3v) is 6.69. The lowest BCUT2D eigenvalue weighted by Crippen LogP contribution is -2.56. The van der Waals surface area contributed by atoms with Crippen LogP contribution < -0.4 is 5.32 Å². The van der Waals surface area contributed by atoms with Crippen LogP contribution >= 0.6 is 11.6 Å². The topological polar surface area (TPSA) is 46.9 Å². The van der Waals surface area contributed by atoms with Gasteiger partial charge in [0.15, 0.2) is 0 Å². The molecule has 0 atom stereocenters. The van der Waals surface area contributed by atoms with E-state index in [1.54, 1.807) is 4.68 Å². The van der Waals surface area contributed by atoms with Crippen molar-refractivity contribution in [2.75, 3.05) is 0 Å². The second-order valence-corrected chi connectivity index (χ2v) is 8.04. The van der Waals surface area contributed by atoms with Crippen molar-refractivity contribution in [1.29, 1.82) is 0 Å². The van der Waals surface area contributed by atoms with Crippen LogP contribution in [0.5, 0.6) is 0 Å². The molecule has 1 aromatic rings. The van der Waals surface area contributed by atoms with Gasteiger partial charge in [0.05, 0.1) is 16.4 Å². The highest BCUT2D eigenvalue weighted by atomic mass is 35.5. The molecule has 5 heteroatoms. The molecule has 4 aliphatic carbocycles. The first-order valence-corrected chi connectivity index (χ1v) is 8.88. The quantitative estimate of drug-likeness (QED) is 0.930. The van der Waals surface area contributed by atoms with Crippen molar-refractivity contribution in [3.05, 3.63) is 16.4 Å². The number of carbonyl (C=O) groups excluding carboxylic acids is 1. The third-order valence-electron chi connectivity index (χ3n) is 6.14. The molecule has 1 aromatic heterocycles. The maximum absolute atomic E-state index is 12.5. The third kappa shape index (κ3) is 2.36. The minimum Gasteiger partial charge on any atom is -0.351 e. The van der Waals surface area contributed by atoms with E-state index in [9.17, 15) is 4.79 Å². The Morgan fingerprint density at radius 1 is 1.18 bits per heavy atom. The fourth-order valence-corrected chi connectivity index (χ4v) is 5.49. The number of hydrogen-bond donors (Lipinski definition) is 1. The number of aryl methyl sites for hydroxylation is 1. The number of carbonyl (C=O) groups is 1. The van der Waals surface area contributed by atoms with Crippen molar-refractivity contribution >= 4 is 17.5 Å². The second kappa shape index (κ2) is 5.26. The molecular formula is C17H24ClN3O. The molecular weight excluding hydrogens is 298 g/mol. The molecule has 1 heterocycles. The Morgan fingerprint density at radius 2 is 1.77 bits per heavy atom. The average Bonchev–Trinajstić information content (AvgIpc) is 2.69. The van der Waals surface area contributed by atoms with Crippen LogP contribution in [0.4, 0.5) is 0 Å². The standard InChI is InChI=1S/C17H24ClN3O/c1-9-16(18)10(2)21(20-9)8-15(22)19-17-13-4-11-3-12(6-13)7-14(17)5-11/h11-14,17H,3-8H2,1-2H3,(H,19,22).